The van der Waals surface area contributed by atoms with Gasteiger partial charge in [0.25, 0.3) is 10.0 Å². The fourth-order valence-electron chi connectivity index (χ4n) is 2.78. The largest absolute Gasteiger partial charge is 0.352 e. The molecular weight excluding hydrogens is 414 g/mol. The van der Waals surface area contributed by atoms with E-state index >= 15 is 0 Å². The fraction of sp³-hybridized carbons (Fsp3) is 0.235. The number of carbonyl (C=O) groups is 1. The number of anilines is 1. The normalized spacial score (nSPS) is 19.4. The Bertz CT molecular complexity index is 953. The van der Waals surface area contributed by atoms with Crippen molar-refractivity contribution in [3.63, 3.8) is 0 Å². The van der Waals surface area contributed by atoms with Crippen LogP contribution in [-0.2, 0) is 21.4 Å². The number of benzene rings is 2. The molecule has 0 radical (unpaired) electrons. The molecule has 1 aliphatic heterocycles. The molecule has 1 heterocycles. The van der Waals surface area contributed by atoms with E-state index in [1.165, 1.54) is 24.3 Å². The number of sulfonamides is 1. The van der Waals surface area contributed by atoms with E-state index in [0.717, 1.165) is 18.2 Å². The van der Waals surface area contributed by atoms with Crippen molar-refractivity contribution in [3.8, 4) is 0 Å². The zero-order valence-corrected chi connectivity index (χ0v) is 15.9. The van der Waals surface area contributed by atoms with Crippen molar-refractivity contribution in [1.82, 2.24) is 16.2 Å². The highest BCUT2D eigenvalue weighted by atomic mass is 35.5. The molecule has 11 heteroatoms. The molecule has 0 saturated carbocycles. The van der Waals surface area contributed by atoms with Gasteiger partial charge in [0.05, 0.1) is 5.92 Å². The summed E-state index contributed by atoms with van der Waals surface area (Å²) < 4.78 is 54.1. The number of rotatable bonds is 6. The van der Waals surface area contributed by atoms with Crippen LogP contribution in [0, 0.1) is 17.6 Å². The van der Waals surface area contributed by atoms with Crippen LogP contribution >= 0.6 is 11.6 Å². The van der Waals surface area contributed by atoms with Crippen LogP contribution in [0.4, 0.5) is 14.5 Å². The lowest BCUT2D eigenvalue weighted by molar-refractivity contribution is -0.124. The predicted molar refractivity (Wildman–Crippen MR) is 101 cm³/mol. The lowest BCUT2D eigenvalue weighted by Crippen LogP contribution is -2.46. The number of hydrogen-bond acceptors (Lipinski definition) is 5. The van der Waals surface area contributed by atoms with Crippen LogP contribution < -0.4 is 20.9 Å². The van der Waals surface area contributed by atoms with Gasteiger partial charge in [-0.05, 0) is 42.0 Å². The standard InChI is InChI=1S/C17H17ClF2N4O3S/c18-11-1-3-14(4-2-11)24-28(26,27)17-15(9-22-23-17)16(25)21-8-10-5-12(19)7-13(20)6-10/h1-7,15,17,22-24H,8-9H2,(H,21,25). The fourth-order valence-corrected chi connectivity index (χ4v) is 4.39. The first kappa shape index (κ1) is 20.5. The molecule has 2 aromatic rings. The molecule has 2 atom stereocenters. The number of hydrogen-bond donors (Lipinski definition) is 4. The van der Waals surface area contributed by atoms with Crippen molar-refractivity contribution in [2.75, 3.05) is 11.3 Å². The van der Waals surface area contributed by atoms with Crippen molar-refractivity contribution in [2.24, 2.45) is 5.92 Å². The minimum Gasteiger partial charge on any atom is -0.352 e. The third-order valence-electron chi connectivity index (χ3n) is 4.10. The van der Waals surface area contributed by atoms with Gasteiger partial charge in [0.2, 0.25) is 5.91 Å². The molecule has 1 amide bonds. The third kappa shape index (κ3) is 4.96. The Kier molecular flexibility index (Phi) is 6.14. The Morgan fingerprint density at radius 1 is 1.14 bits per heavy atom. The number of carbonyl (C=O) groups excluding carboxylic acids is 1. The molecule has 28 heavy (non-hydrogen) atoms. The van der Waals surface area contributed by atoms with Crippen LogP contribution in [0.3, 0.4) is 0 Å². The Hall–Kier alpha value is -2.27. The van der Waals surface area contributed by atoms with Crippen molar-refractivity contribution < 1.29 is 22.0 Å². The average molecular weight is 431 g/mol. The second kappa shape index (κ2) is 8.39. The van der Waals surface area contributed by atoms with Crippen LogP contribution in [0.1, 0.15) is 5.56 Å². The van der Waals surface area contributed by atoms with E-state index in [0.29, 0.717) is 10.7 Å². The van der Waals surface area contributed by atoms with Gasteiger partial charge >= 0.3 is 0 Å². The summed E-state index contributed by atoms with van der Waals surface area (Å²) in [6, 6.07) is 8.95. The summed E-state index contributed by atoms with van der Waals surface area (Å²) in [5.41, 5.74) is 5.74. The van der Waals surface area contributed by atoms with Crippen LogP contribution in [0.15, 0.2) is 42.5 Å². The smallest absolute Gasteiger partial charge is 0.250 e. The van der Waals surface area contributed by atoms with E-state index < -0.39 is 38.9 Å². The Balaban J connectivity index is 1.67. The first-order chi connectivity index (χ1) is 13.2. The summed E-state index contributed by atoms with van der Waals surface area (Å²) in [6.45, 7) is -0.0725. The molecule has 1 saturated heterocycles. The molecule has 0 bridgehead atoms. The lowest BCUT2D eigenvalue weighted by Gasteiger charge is -2.19. The molecule has 7 nitrogen and oxygen atoms in total. The molecule has 1 aliphatic rings. The number of amides is 1. The van der Waals surface area contributed by atoms with Crippen molar-refractivity contribution >= 4 is 33.2 Å². The van der Waals surface area contributed by atoms with Crippen LogP contribution in [0.2, 0.25) is 5.02 Å². The highest BCUT2D eigenvalue weighted by Crippen LogP contribution is 2.20. The topological polar surface area (TPSA) is 99.3 Å². The Morgan fingerprint density at radius 2 is 1.79 bits per heavy atom. The van der Waals surface area contributed by atoms with E-state index in [2.05, 4.69) is 20.9 Å². The Labute approximate surface area is 165 Å². The highest BCUT2D eigenvalue weighted by Gasteiger charge is 2.41. The number of halogens is 3. The summed E-state index contributed by atoms with van der Waals surface area (Å²) >= 11 is 5.78. The predicted octanol–water partition coefficient (Wildman–Crippen LogP) is 1.73. The van der Waals surface area contributed by atoms with Crippen molar-refractivity contribution in [2.45, 2.75) is 11.9 Å². The van der Waals surface area contributed by atoms with Crippen LogP contribution in [-0.4, -0.2) is 26.2 Å². The molecule has 0 spiro atoms. The second-order valence-corrected chi connectivity index (χ2v) is 8.44. The average Bonchev–Trinajstić information content (AvgIpc) is 3.12. The van der Waals surface area contributed by atoms with Gasteiger partial charge in [-0.3, -0.25) is 14.9 Å². The molecule has 0 aromatic heterocycles. The van der Waals surface area contributed by atoms with E-state index in [-0.39, 0.29) is 18.7 Å². The van der Waals surface area contributed by atoms with Gasteiger partial charge < -0.3 is 5.32 Å². The van der Waals surface area contributed by atoms with E-state index in [4.69, 9.17) is 11.6 Å². The second-order valence-electron chi connectivity index (χ2n) is 6.20. The maximum Gasteiger partial charge on any atom is 0.250 e. The highest BCUT2D eigenvalue weighted by molar-refractivity contribution is 7.93. The van der Waals surface area contributed by atoms with Crippen LogP contribution in [0.25, 0.3) is 0 Å². The maximum atomic E-state index is 13.2. The van der Waals surface area contributed by atoms with Gasteiger partial charge in [0.15, 0.2) is 5.37 Å². The van der Waals surface area contributed by atoms with Crippen LogP contribution in [0.5, 0.6) is 0 Å². The van der Waals surface area contributed by atoms with Gasteiger partial charge in [-0.15, -0.1) is 0 Å². The zero-order chi connectivity index (χ0) is 20.3. The van der Waals surface area contributed by atoms with Gasteiger partial charge in [0, 0.05) is 29.9 Å². The molecule has 0 aliphatic carbocycles. The van der Waals surface area contributed by atoms with Gasteiger partial charge in [0.1, 0.15) is 11.6 Å². The minimum atomic E-state index is -3.96. The van der Waals surface area contributed by atoms with E-state index in [9.17, 15) is 22.0 Å². The molecule has 1 fully saturated rings. The molecular formula is C17H17ClF2N4O3S. The number of nitrogens with one attached hydrogen (secondary N) is 4. The van der Waals surface area contributed by atoms with Gasteiger partial charge in [-0.2, -0.15) is 0 Å². The maximum absolute atomic E-state index is 13.2. The first-order valence-corrected chi connectivity index (χ1v) is 10.2. The summed E-state index contributed by atoms with van der Waals surface area (Å²) in [7, 11) is -3.96. The Morgan fingerprint density at radius 3 is 2.43 bits per heavy atom. The van der Waals surface area contributed by atoms with Gasteiger partial charge in [-0.1, -0.05) is 11.6 Å². The van der Waals surface area contributed by atoms with E-state index in [1.807, 2.05) is 0 Å². The zero-order valence-electron chi connectivity index (χ0n) is 14.4. The van der Waals surface area contributed by atoms with Crippen molar-refractivity contribution in [1.29, 1.82) is 0 Å². The summed E-state index contributed by atoms with van der Waals surface area (Å²) in [5, 5.41) is 1.72. The molecule has 3 rings (SSSR count). The summed E-state index contributed by atoms with van der Waals surface area (Å²) in [4.78, 5) is 12.5. The molecule has 2 aromatic carbocycles. The van der Waals surface area contributed by atoms with Crippen molar-refractivity contribution in [3.05, 3.63) is 64.7 Å². The number of hydrazine groups is 1. The van der Waals surface area contributed by atoms with Gasteiger partial charge in [-0.25, -0.2) is 22.6 Å². The summed E-state index contributed by atoms with van der Waals surface area (Å²) in [5.74, 6) is -3.06. The monoisotopic (exact) mass is 430 g/mol. The minimum absolute atomic E-state index is 0.0650. The lowest BCUT2D eigenvalue weighted by atomic mass is 10.1. The van der Waals surface area contributed by atoms with E-state index in [1.54, 1.807) is 0 Å². The third-order valence-corrected chi connectivity index (χ3v) is 5.98. The molecule has 150 valence electrons. The molecule has 4 N–H and O–H groups in total. The SMILES string of the molecule is O=C(NCc1cc(F)cc(F)c1)C1CNNC1S(=O)(=O)Nc1ccc(Cl)cc1. The first-order valence-electron chi connectivity index (χ1n) is 8.23. The quantitative estimate of drug-likeness (QED) is 0.559. The molecule has 2 unspecified atom stereocenters. The summed E-state index contributed by atoms with van der Waals surface area (Å²) in [6.07, 6.45) is 0.